The van der Waals surface area contributed by atoms with Crippen LogP contribution in [0.15, 0.2) is 78.9 Å². The number of unbranched alkanes of at least 4 members (excludes halogenated alkanes) is 2. The Morgan fingerprint density at radius 1 is 1.00 bits per heavy atom. The molecule has 4 aliphatic rings. The highest BCUT2D eigenvalue weighted by molar-refractivity contribution is 5.99. The molecule has 0 saturated carbocycles. The second kappa shape index (κ2) is 15.4. The van der Waals surface area contributed by atoms with Crippen molar-refractivity contribution < 1.29 is 38.5 Å². The maximum Gasteiger partial charge on any atom is 0.313 e. The van der Waals surface area contributed by atoms with Crippen molar-refractivity contribution in [2.45, 2.75) is 68.7 Å². The molecule has 3 aromatic rings. The number of benzene rings is 2. The zero-order chi connectivity index (χ0) is 36.2. The van der Waals surface area contributed by atoms with Crippen molar-refractivity contribution >= 4 is 34.7 Å². The molecule has 0 aliphatic carbocycles. The number of carbonyl (C=O) groups is 4. The molecule has 52 heavy (non-hydrogen) atoms. The van der Waals surface area contributed by atoms with Gasteiger partial charge in [0.2, 0.25) is 11.8 Å². The van der Waals surface area contributed by atoms with E-state index in [2.05, 4.69) is 15.6 Å². The lowest BCUT2D eigenvalue weighted by molar-refractivity contribution is -0.162. The number of nitrogens with zero attached hydrogens (tertiary/aromatic N) is 5. The second-order valence-electron chi connectivity index (χ2n) is 13.7. The van der Waals surface area contributed by atoms with Crippen LogP contribution in [0.1, 0.15) is 43.8 Å². The lowest BCUT2D eigenvalue weighted by atomic mass is 9.74. The molecule has 1 spiro atoms. The van der Waals surface area contributed by atoms with Crippen molar-refractivity contribution in [3.63, 3.8) is 0 Å². The summed E-state index contributed by atoms with van der Waals surface area (Å²) in [4.78, 5) is 60.4. The summed E-state index contributed by atoms with van der Waals surface area (Å²) in [6, 6.07) is 14.7. The van der Waals surface area contributed by atoms with Crippen LogP contribution in [0.4, 0.5) is 0 Å². The smallest absolute Gasteiger partial charge is 0.313 e. The van der Waals surface area contributed by atoms with Crippen LogP contribution in [-0.2, 0) is 40.1 Å². The van der Waals surface area contributed by atoms with Crippen molar-refractivity contribution in [1.82, 2.24) is 30.1 Å². The summed E-state index contributed by atoms with van der Waals surface area (Å²) >= 11 is 0. The molecule has 3 amide bonds. The molecule has 2 N–H and O–H groups in total. The van der Waals surface area contributed by atoms with Crippen molar-refractivity contribution in [3.8, 4) is 0 Å². The zero-order valence-electron chi connectivity index (χ0n) is 29.1. The SMILES string of the molecule is COC[C@H]1NC(=O)CC/C=C\CN(Cn2nnc3ccccc32)C(=O)[C@@H]2N(CCCCCO)C(=O)[C@H]3[C@H](C(=O)O[C@@H]1c1ccccc1)[C@@H]1C=C[C@]23O1. The molecule has 14 nitrogen and oxygen atoms in total. The summed E-state index contributed by atoms with van der Waals surface area (Å²) in [7, 11) is 1.51. The van der Waals surface area contributed by atoms with E-state index >= 15 is 4.79 Å². The number of allylic oxidation sites excluding steroid dienone is 1. The fourth-order valence-corrected chi connectivity index (χ4v) is 8.03. The van der Waals surface area contributed by atoms with E-state index in [9.17, 15) is 19.5 Å². The Kier molecular flexibility index (Phi) is 10.5. The molecular weight excluding hydrogens is 668 g/mol. The first-order valence-electron chi connectivity index (χ1n) is 17.9. The van der Waals surface area contributed by atoms with Gasteiger partial charge < -0.3 is 34.4 Å². The van der Waals surface area contributed by atoms with Gasteiger partial charge in [-0.3, -0.25) is 19.2 Å². The second-order valence-corrected chi connectivity index (χ2v) is 13.7. The minimum atomic E-state index is -1.41. The summed E-state index contributed by atoms with van der Waals surface area (Å²) < 4.78 is 20.0. The Balaban J connectivity index is 1.29. The van der Waals surface area contributed by atoms with Crippen LogP contribution in [0.25, 0.3) is 11.0 Å². The Morgan fingerprint density at radius 2 is 1.81 bits per heavy atom. The molecule has 4 aliphatic heterocycles. The molecule has 1 aromatic heterocycles. The lowest BCUT2D eigenvalue weighted by Gasteiger charge is -2.35. The number of fused-ring (bicyclic) bond motifs is 3. The number of ether oxygens (including phenoxy) is 3. The number of aliphatic hydroxyl groups excluding tert-OH is 1. The van der Waals surface area contributed by atoms with Gasteiger partial charge in [-0.2, -0.15) is 0 Å². The van der Waals surface area contributed by atoms with Crippen LogP contribution in [0.5, 0.6) is 0 Å². The van der Waals surface area contributed by atoms with E-state index in [0.29, 0.717) is 36.8 Å². The first-order valence-corrected chi connectivity index (χ1v) is 17.9. The minimum absolute atomic E-state index is 0.0172. The maximum atomic E-state index is 15.0. The van der Waals surface area contributed by atoms with Crippen molar-refractivity contribution in [2.24, 2.45) is 11.8 Å². The third-order valence-electron chi connectivity index (χ3n) is 10.4. The average molecular weight is 713 g/mol. The molecule has 7 atom stereocenters. The molecule has 14 heteroatoms. The number of para-hydroxylation sites is 1. The van der Waals surface area contributed by atoms with E-state index in [1.54, 1.807) is 26.6 Å². The van der Waals surface area contributed by atoms with Gasteiger partial charge in [0.25, 0.3) is 5.91 Å². The van der Waals surface area contributed by atoms with Crippen molar-refractivity contribution in [1.29, 1.82) is 0 Å². The monoisotopic (exact) mass is 712 g/mol. The number of nitrogens with one attached hydrogen (secondary N) is 1. The molecule has 5 heterocycles. The van der Waals surface area contributed by atoms with Crippen LogP contribution in [0.3, 0.4) is 0 Å². The van der Waals surface area contributed by atoms with Gasteiger partial charge in [-0.05, 0) is 43.4 Å². The van der Waals surface area contributed by atoms with Gasteiger partial charge in [-0.25, -0.2) is 4.68 Å². The third kappa shape index (κ3) is 6.61. The Labute approximate surface area is 301 Å². The minimum Gasteiger partial charge on any atom is -0.455 e. The summed E-state index contributed by atoms with van der Waals surface area (Å²) in [5, 5.41) is 21.0. The number of esters is 1. The molecule has 2 fully saturated rings. The van der Waals surface area contributed by atoms with Crippen LogP contribution in [0, 0.1) is 11.8 Å². The van der Waals surface area contributed by atoms with E-state index in [0.717, 1.165) is 5.52 Å². The van der Waals surface area contributed by atoms with Gasteiger partial charge >= 0.3 is 5.97 Å². The predicted molar refractivity (Wildman–Crippen MR) is 187 cm³/mol. The first-order chi connectivity index (χ1) is 25.4. The highest BCUT2D eigenvalue weighted by atomic mass is 16.6. The van der Waals surface area contributed by atoms with E-state index in [-0.39, 0.29) is 57.1 Å². The van der Waals surface area contributed by atoms with Crippen LogP contribution in [-0.4, -0.2) is 111 Å². The number of methoxy groups -OCH3 is 1. The predicted octanol–water partition coefficient (Wildman–Crippen LogP) is 2.30. The molecule has 0 radical (unpaired) electrons. The number of rotatable bonds is 10. The number of amides is 3. The van der Waals surface area contributed by atoms with E-state index in [1.807, 2.05) is 66.7 Å². The topological polar surface area (TPSA) is 165 Å². The number of aliphatic hydroxyl groups is 1. The first kappa shape index (κ1) is 35.5. The van der Waals surface area contributed by atoms with Gasteiger partial charge in [-0.15, -0.1) is 5.10 Å². The van der Waals surface area contributed by atoms with Gasteiger partial charge in [0.05, 0.1) is 30.2 Å². The Hall–Kier alpha value is -4.92. The van der Waals surface area contributed by atoms with Crippen molar-refractivity contribution in [3.05, 3.63) is 84.5 Å². The van der Waals surface area contributed by atoms with Crippen LogP contribution < -0.4 is 5.32 Å². The molecule has 0 unspecified atom stereocenters. The fraction of sp³-hybridized carbons (Fsp3) is 0.474. The fourth-order valence-electron chi connectivity index (χ4n) is 8.03. The van der Waals surface area contributed by atoms with E-state index in [4.69, 9.17) is 14.2 Å². The van der Waals surface area contributed by atoms with Crippen LogP contribution >= 0.6 is 0 Å². The highest BCUT2D eigenvalue weighted by Gasteiger charge is 2.73. The van der Waals surface area contributed by atoms with E-state index in [1.165, 1.54) is 7.11 Å². The number of hydrogen-bond acceptors (Lipinski definition) is 10. The molecule has 7 rings (SSSR count). The Bertz CT molecular complexity index is 1850. The van der Waals surface area contributed by atoms with Gasteiger partial charge in [0.15, 0.2) is 0 Å². The third-order valence-corrected chi connectivity index (χ3v) is 10.4. The molecule has 274 valence electrons. The summed E-state index contributed by atoms with van der Waals surface area (Å²) in [5.41, 5.74) is 0.642. The summed E-state index contributed by atoms with van der Waals surface area (Å²) in [6.07, 6.45) is 7.75. The van der Waals surface area contributed by atoms with Gasteiger partial charge in [0.1, 0.15) is 35.9 Å². The van der Waals surface area contributed by atoms with E-state index < -0.39 is 47.7 Å². The average Bonchev–Trinajstić information content (AvgIpc) is 3.91. The largest absolute Gasteiger partial charge is 0.455 e. The quantitative estimate of drug-likeness (QED) is 0.181. The lowest BCUT2D eigenvalue weighted by Crippen LogP contribution is -2.56. The highest BCUT2D eigenvalue weighted by Crippen LogP contribution is 2.56. The molecular formula is C38H44N6O8. The van der Waals surface area contributed by atoms with Gasteiger partial charge in [0, 0.05) is 33.2 Å². The number of hydrogen-bond donors (Lipinski definition) is 2. The molecule has 2 aromatic carbocycles. The van der Waals surface area contributed by atoms with Crippen LogP contribution in [0.2, 0.25) is 0 Å². The Morgan fingerprint density at radius 3 is 2.62 bits per heavy atom. The standard InChI is InChI=1S/C38H44N6O8/c1-50-23-27-33(25-13-5-2-6-14-25)51-37(49)31-29-18-19-38(52-29)32(31)35(47)43(21-11-4-12-22-45)34(38)36(48)42(20-10-3-7-17-30(46)39-27)24-44-28-16-9-8-15-26(28)40-41-44/h2-3,5-6,8-10,13-16,18-19,27,29,31-34,45H,4,7,11-12,17,20-24H2,1H3,(H,39,46)/b10-3-/t27-,29+,31-,32-,33-,34+,38-/m1/s1. The molecule has 5 bridgehead atoms. The number of carbonyl (C=O) groups excluding carboxylic acids is 4. The normalized spacial score (nSPS) is 29.8. The number of aromatic nitrogens is 3. The van der Waals surface area contributed by atoms with Gasteiger partial charge in [-0.1, -0.05) is 72.0 Å². The number of likely N-dealkylation sites (tertiary alicyclic amines) is 1. The summed E-state index contributed by atoms with van der Waals surface area (Å²) in [5.74, 6) is -3.71. The zero-order valence-corrected chi connectivity index (χ0v) is 29.1. The molecule has 2 saturated heterocycles. The summed E-state index contributed by atoms with van der Waals surface area (Å²) in [6.45, 7) is 0.504. The van der Waals surface area contributed by atoms with Crippen molar-refractivity contribution in [2.75, 3.05) is 33.4 Å². The maximum absolute atomic E-state index is 15.0. The number of cyclic esters (lactones) is 1.